The quantitative estimate of drug-likeness (QED) is 0.772. The molecule has 1 N–H and O–H groups in total. The third-order valence-corrected chi connectivity index (χ3v) is 3.57. The second-order valence-electron chi connectivity index (χ2n) is 5.28. The fourth-order valence-electron chi connectivity index (χ4n) is 2.03. The van der Waals surface area contributed by atoms with E-state index >= 15 is 0 Å². The van der Waals surface area contributed by atoms with Crippen LogP contribution in [0.3, 0.4) is 0 Å². The Morgan fingerprint density at radius 1 is 1.35 bits per heavy atom. The summed E-state index contributed by atoms with van der Waals surface area (Å²) in [6.07, 6.45) is 0. The van der Waals surface area contributed by atoms with Crippen LogP contribution in [0.2, 0.25) is 0 Å². The van der Waals surface area contributed by atoms with Crippen molar-refractivity contribution in [1.29, 1.82) is 0 Å². The number of likely N-dealkylation sites (N-methyl/N-ethyl adjacent to an activating group) is 1. The summed E-state index contributed by atoms with van der Waals surface area (Å²) < 4.78 is 16.1. The third kappa shape index (κ3) is 3.55. The van der Waals surface area contributed by atoms with Crippen molar-refractivity contribution in [3.8, 4) is 17.2 Å². The van der Waals surface area contributed by atoms with E-state index in [0.717, 1.165) is 36.7 Å². The molecule has 1 aromatic carbocycles. The van der Waals surface area contributed by atoms with Crippen LogP contribution in [0.25, 0.3) is 0 Å². The molecule has 0 saturated heterocycles. The molecule has 0 radical (unpaired) electrons. The molecule has 0 aromatic heterocycles. The van der Waals surface area contributed by atoms with E-state index in [1.807, 2.05) is 12.1 Å². The van der Waals surface area contributed by atoms with Gasteiger partial charge >= 0.3 is 0 Å². The molecule has 0 spiro atoms. The molecule has 5 heteroatoms. The fourth-order valence-corrected chi connectivity index (χ4v) is 2.03. The van der Waals surface area contributed by atoms with E-state index in [2.05, 4.69) is 31.1 Å². The van der Waals surface area contributed by atoms with E-state index in [4.69, 9.17) is 14.2 Å². The minimum atomic E-state index is 0.266. The molecule has 0 bridgehead atoms. The highest BCUT2D eigenvalue weighted by Gasteiger charge is 2.19. The molecule has 1 aromatic rings. The van der Waals surface area contributed by atoms with Crippen LogP contribution in [0, 0.1) is 0 Å². The minimum Gasteiger partial charge on any atom is -0.493 e. The van der Waals surface area contributed by atoms with Gasteiger partial charge in [0.05, 0.1) is 7.11 Å². The maximum absolute atomic E-state index is 5.42. The van der Waals surface area contributed by atoms with Crippen LogP contribution >= 0.6 is 0 Å². The molecule has 0 unspecified atom stereocenters. The third-order valence-electron chi connectivity index (χ3n) is 3.57. The smallest absolute Gasteiger partial charge is 0.231 e. The molecular formula is C15H24N2O3. The zero-order chi connectivity index (χ0) is 14.5. The SMILES string of the molecule is COc1cc(CNCCN(C)C(C)C)cc2c1OCO2. The average molecular weight is 280 g/mol. The summed E-state index contributed by atoms with van der Waals surface area (Å²) in [4.78, 5) is 2.31. The lowest BCUT2D eigenvalue weighted by Crippen LogP contribution is -2.33. The number of ether oxygens (including phenoxy) is 3. The van der Waals surface area contributed by atoms with Crippen molar-refractivity contribution in [2.24, 2.45) is 0 Å². The van der Waals surface area contributed by atoms with Gasteiger partial charge in [-0.2, -0.15) is 0 Å². The van der Waals surface area contributed by atoms with Crippen LogP contribution in [0.15, 0.2) is 12.1 Å². The molecule has 0 fully saturated rings. The van der Waals surface area contributed by atoms with Crippen LogP contribution in [0.5, 0.6) is 17.2 Å². The van der Waals surface area contributed by atoms with Gasteiger partial charge in [-0.1, -0.05) is 0 Å². The van der Waals surface area contributed by atoms with Gasteiger partial charge in [0, 0.05) is 25.7 Å². The maximum Gasteiger partial charge on any atom is 0.231 e. The average Bonchev–Trinajstić information content (AvgIpc) is 2.90. The van der Waals surface area contributed by atoms with E-state index in [1.54, 1.807) is 7.11 Å². The molecule has 0 atom stereocenters. The van der Waals surface area contributed by atoms with Crippen molar-refractivity contribution in [2.45, 2.75) is 26.4 Å². The molecule has 0 aliphatic carbocycles. The van der Waals surface area contributed by atoms with Crippen LogP contribution in [-0.2, 0) is 6.54 Å². The molecule has 20 heavy (non-hydrogen) atoms. The number of hydrogen-bond acceptors (Lipinski definition) is 5. The molecule has 2 rings (SSSR count). The first-order valence-electron chi connectivity index (χ1n) is 6.99. The summed E-state index contributed by atoms with van der Waals surface area (Å²) in [5.41, 5.74) is 1.14. The first-order chi connectivity index (χ1) is 9.61. The summed E-state index contributed by atoms with van der Waals surface area (Å²) in [6, 6.07) is 4.57. The van der Waals surface area contributed by atoms with Crippen molar-refractivity contribution < 1.29 is 14.2 Å². The maximum atomic E-state index is 5.42. The fraction of sp³-hybridized carbons (Fsp3) is 0.600. The molecule has 5 nitrogen and oxygen atoms in total. The van der Waals surface area contributed by atoms with E-state index in [1.165, 1.54) is 0 Å². The number of methoxy groups -OCH3 is 1. The molecule has 112 valence electrons. The van der Waals surface area contributed by atoms with Crippen molar-refractivity contribution in [2.75, 3.05) is 34.0 Å². The van der Waals surface area contributed by atoms with Crippen LogP contribution < -0.4 is 19.5 Å². The zero-order valence-corrected chi connectivity index (χ0v) is 12.7. The molecule has 0 saturated carbocycles. The van der Waals surface area contributed by atoms with Gasteiger partial charge in [-0.05, 0) is 38.6 Å². The lowest BCUT2D eigenvalue weighted by atomic mass is 10.2. The minimum absolute atomic E-state index is 0.266. The van der Waals surface area contributed by atoms with Crippen molar-refractivity contribution in [3.05, 3.63) is 17.7 Å². The van der Waals surface area contributed by atoms with Gasteiger partial charge in [-0.25, -0.2) is 0 Å². The number of hydrogen-bond donors (Lipinski definition) is 1. The predicted octanol–water partition coefficient (Wildman–Crippen LogP) is 1.85. The van der Waals surface area contributed by atoms with E-state index in [-0.39, 0.29) is 6.79 Å². The predicted molar refractivity (Wildman–Crippen MR) is 78.6 cm³/mol. The van der Waals surface area contributed by atoms with Gasteiger partial charge in [0.15, 0.2) is 11.5 Å². The Balaban J connectivity index is 1.87. The van der Waals surface area contributed by atoms with Crippen LogP contribution in [0.4, 0.5) is 0 Å². The van der Waals surface area contributed by atoms with Gasteiger partial charge in [-0.3, -0.25) is 0 Å². The Hall–Kier alpha value is -1.46. The van der Waals surface area contributed by atoms with Crippen molar-refractivity contribution in [3.63, 3.8) is 0 Å². The summed E-state index contributed by atoms with van der Waals surface area (Å²) in [6.45, 7) is 7.43. The molecule has 1 heterocycles. The largest absolute Gasteiger partial charge is 0.493 e. The second-order valence-corrected chi connectivity index (χ2v) is 5.28. The monoisotopic (exact) mass is 280 g/mol. The van der Waals surface area contributed by atoms with E-state index in [9.17, 15) is 0 Å². The first kappa shape index (κ1) is 14.9. The zero-order valence-electron chi connectivity index (χ0n) is 12.7. The van der Waals surface area contributed by atoms with Crippen molar-refractivity contribution >= 4 is 0 Å². The Morgan fingerprint density at radius 2 is 2.15 bits per heavy atom. The van der Waals surface area contributed by atoms with Gasteiger partial charge in [-0.15, -0.1) is 0 Å². The van der Waals surface area contributed by atoms with Crippen LogP contribution in [0.1, 0.15) is 19.4 Å². The van der Waals surface area contributed by atoms with Crippen LogP contribution in [-0.4, -0.2) is 45.0 Å². The Labute approximate surface area is 120 Å². The Kier molecular flexibility index (Phi) is 5.09. The van der Waals surface area contributed by atoms with Gasteiger partial charge in [0.25, 0.3) is 0 Å². The van der Waals surface area contributed by atoms with Gasteiger partial charge < -0.3 is 24.4 Å². The highest BCUT2D eigenvalue weighted by Crippen LogP contribution is 2.41. The summed E-state index contributed by atoms with van der Waals surface area (Å²) in [5, 5.41) is 3.44. The van der Waals surface area contributed by atoms with Gasteiger partial charge in [0.1, 0.15) is 0 Å². The Morgan fingerprint density at radius 3 is 2.85 bits per heavy atom. The van der Waals surface area contributed by atoms with Gasteiger partial charge in [0.2, 0.25) is 12.5 Å². The Bertz CT molecular complexity index is 449. The molecular weight excluding hydrogens is 256 g/mol. The lowest BCUT2D eigenvalue weighted by molar-refractivity contribution is 0.171. The van der Waals surface area contributed by atoms with E-state index < -0.39 is 0 Å². The number of fused-ring (bicyclic) bond motifs is 1. The summed E-state index contributed by atoms with van der Waals surface area (Å²) in [5.74, 6) is 2.20. The van der Waals surface area contributed by atoms with Crippen molar-refractivity contribution in [1.82, 2.24) is 10.2 Å². The molecule has 1 aliphatic heterocycles. The number of rotatable bonds is 7. The lowest BCUT2D eigenvalue weighted by Gasteiger charge is -2.21. The molecule has 1 aliphatic rings. The second kappa shape index (κ2) is 6.81. The summed E-state index contributed by atoms with van der Waals surface area (Å²) in [7, 11) is 3.78. The van der Waals surface area contributed by atoms with E-state index in [0.29, 0.717) is 11.8 Å². The summed E-state index contributed by atoms with van der Waals surface area (Å²) >= 11 is 0. The number of nitrogens with one attached hydrogen (secondary N) is 1. The highest BCUT2D eigenvalue weighted by molar-refractivity contribution is 5.55. The highest BCUT2D eigenvalue weighted by atomic mass is 16.7. The normalized spacial score (nSPS) is 13.3. The standard InChI is InChI=1S/C15H24N2O3/c1-11(2)17(3)6-5-16-9-12-7-13(18-4)15-14(8-12)19-10-20-15/h7-8,11,16H,5-6,9-10H2,1-4H3. The molecule has 0 amide bonds. The number of nitrogens with zero attached hydrogens (tertiary/aromatic N) is 1. The topological polar surface area (TPSA) is 43.0 Å². The first-order valence-corrected chi connectivity index (χ1v) is 6.99. The number of benzene rings is 1.